The molecule has 1 aliphatic rings. The lowest BCUT2D eigenvalue weighted by Crippen LogP contribution is -2.43. The molecule has 2 atom stereocenters. The number of rotatable bonds is 2. The lowest BCUT2D eigenvalue weighted by molar-refractivity contribution is -0.255. The van der Waals surface area contributed by atoms with Gasteiger partial charge in [0.1, 0.15) is 0 Å². The number of piperidine rings is 1. The van der Waals surface area contributed by atoms with E-state index in [1.807, 2.05) is 0 Å². The van der Waals surface area contributed by atoms with Crippen molar-refractivity contribution in [2.75, 3.05) is 13.1 Å². The van der Waals surface area contributed by atoms with E-state index in [9.17, 15) is 14.7 Å². The van der Waals surface area contributed by atoms with Gasteiger partial charge in [0.2, 0.25) is 0 Å². The molecule has 1 aliphatic heterocycles. The van der Waals surface area contributed by atoms with Crippen molar-refractivity contribution in [3.8, 4) is 0 Å². The van der Waals surface area contributed by atoms with Crippen molar-refractivity contribution in [3.05, 3.63) is 35.4 Å². The van der Waals surface area contributed by atoms with E-state index in [1.54, 1.807) is 23.1 Å². The molecule has 1 saturated heterocycles. The van der Waals surface area contributed by atoms with Crippen LogP contribution < -0.4 is 5.11 Å². The fraction of sp³-hybridized carbons (Fsp3) is 0.467. The largest absolute Gasteiger partial charge is 0.545 e. The second kappa shape index (κ2) is 5.43. The Bertz CT molecular complexity index is 488. The van der Waals surface area contributed by atoms with E-state index in [2.05, 4.69) is 13.8 Å². The Morgan fingerprint density at radius 3 is 2.16 bits per heavy atom. The molecular weight excluding hydrogens is 242 g/mol. The van der Waals surface area contributed by atoms with Crippen molar-refractivity contribution in [2.24, 2.45) is 11.8 Å². The van der Waals surface area contributed by atoms with Crippen LogP contribution in [0.3, 0.4) is 0 Å². The van der Waals surface area contributed by atoms with Gasteiger partial charge in [0.05, 0.1) is 5.97 Å². The zero-order valence-electron chi connectivity index (χ0n) is 11.3. The van der Waals surface area contributed by atoms with Gasteiger partial charge in [-0.25, -0.2) is 0 Å². The fourth-order valence-electron chi connectivity index (χ4n) is 2.85. The monoisotopic (exact) mass is 260 g/mol. The number of carboxylic acid groups (broad SMARTS) is 1. The average molecular weight is 260 g/mol. The maximum atomic E-state index is 12.5. The molecule has 1 amide bonds. The molecule has 4 heteroatoms. The van der Waals surface area contributed by atoms with Crippen LogP contribution in [0.1, 0.15) is 41.0 Å². The highest BCUT2D eigenvalue weighted by Gasteiger charge is 2.27. The SMILES string of the molecule is C[C@H]1C[C@H](C)CN(C(=O)c2ccccc2C(=O)[O-])C1. The van der Waals surface area contributed by atoms with Crippen LogP contribution in [-0.4, -0.2) is 29.9 Å². The summed E-state index contributed by atoms with van der Waals surface area (Å²) in [7, 11) is 0. The van der Waals surface area contributed by atoms with E-state index in [1.165, 1.54) is 6.07 Å². The number of hydrogen-bond donors (Lipinski definition) is 0. The van der Waals surface area contributed by atoms with E-state index < -0.39 is 5.97 Å². The summed E-state index contributed by atoms with van der Waals surface area (Å²) in [6.45, 7) is 5.59. The number of carbonyl (C=O) groups excluding carboxylic acids is 2. The van der Waals surface area contributed by atoms with Crippen LogP contribution >= 0.6 is 0 Å². The van der Waals surface area contributed by atoms with Crippen LogP contribution in [-0.2, 0) is 0 Å². The quantitative estimate of drug-likeness (QED) is 0.802. The number of amides is 1. The molecule has 0 radical (unpaired) electrons. The van der Waals surface area contributed by atoms with Crippen LogP contribution in [0.5, 0.6) is 0 Å². The van der Waals surface area contributed by atoms with Crippen LogP contribution in [0, 0.1) is 11.8 Å². The lowest BCUT2D eigenvalue weighted by atomic mass is 9.91. The molecule has 1 aromatic rings. The molecule has 102 valence electrons. The van der Waals surface area contributed by atoms with Crippen molar-refractivity contribution in [1.29, 1.82) is 0 Å². The van der Waals surface area contributed by atoms with Gasteiger partial charge in [-0.2, -0.15) is 0 Å². The van der Waals surface area contributed by atoms with E-state index in [-0.39, 0.29) is 17.0 Å². The zero-order chi connectivity index (χ0) is 14.0. The Balaban J connectivity index is 2.27. The first-order valence-corrected chi connectivity index (χ1v) is 6.58. The maximum absolute atomic E-state index is 12.5. The Labute approximate surface area is 113 Å². The predicted octanol–water partition coefficient (Wildman–Crippen LogP) is 1.17. The molecule has 0 saturated carbocycles. The first kappa shape index (κ1) is 13.6. The molecule has 19 heavy (non-hydrogen) atoms. The smallest absolute Gasteiger partial charge is 0.254 e. The number of likely N-dealkylation sites (tertiary alicyclic amines) is 1. The highest BCUT2D eigenvalue weighted by Crippen LogP contribution is 2.23. The van der Waals surface area contributed by atoms with Gasteiger partial charge < -0.3 is 14.8 Å². The summed E-state index contributed by atoms with van der Waals surface area (Å²) in [6, 6.07) is 6.25. The van der Waals surface area contributed by atoms with Crippen molar-refractivity contribution >= 4 is 11.9 Å². The van der Waals surface area contributed by atoms with Crippen molar-refractivity contribution < 1.29 is 14.7 Å². The third-order valence-electron chi connectivity index (χ3n) is 3.53. The van der Waals surface area contributed by atoms with Gasteiger partial charge in [-0.3, -0.25) is 4.79 Å². The summed E-state index contributed by atoms with van der Waals surface area (Å²) in [5, 5.41) is 11.1. The normalized spacial score (nSPS) is 23.2. The second-order valence-electron chi connectivity index (χ2n) is 5.49. The molecule has 0 aliphatic carbocycles. The lowest BCUT2D eigenvalue weighted by Gasteiger charge is -2.35. The van der Waals surface area contributed by atoms with Crippen LogP contribution in [0.25, 0.3) is 0 Å². The Morgan fingerprint density at radius 1 is 1.11 bits per heavy atom. The van der Waals surface area contributed by atoms with E-state index in [0.717, 1.165) is 6.42 Å². The number of aromatic carboxylic acids is 1. The van der Waals surface area contributed by atoms with Crippen LogP contribution in [0.15, 0.2) is 24.3 Å². The van der Waals surface area contributed by atoms with Crippen molar-refractivity contribution in [1.82, 2.24) is 4.90 Å². The molecule has 4 nitrogen and oxygen atoms in total. The van der Waals surface area contributed by atoms with Gasteiger partial charge in [0, 0.05) is 24.2 Å². The van der Waals surface area contributed by atoms with Gasteiger partial charge >= 0.3 is 0 Å². The molecule has 0 spiro atoms. The Kier molecular flexibility index (Phi) is 3.88. The standard InChI is InChI=1S/C15H19NO3/c1-10-7-11(2)9-16(8-10)14(17)12-5-3-4-6-13(12)15(18)19/h3-6,10-11H,7-9H2,1-2H3,(H,18,19)/p-1/t10-,11-/m0/s1. The topological polar surface area (TPSA) is 60.4 Å². The molecule has 0 bridgehead atoms. The van der Waals surface area contributed by atoms with Crippen molar-refractivity contribution in [3.63, 3.8) is 0 Å². The summed E-state index contributed by atoms with van der Waals surface area (Å²) >= 11 is 0. The van der Waals surface area contributed by atoms with Gasteiger partial charge in [-0.1, -0.05) is 32.0 Å². The molecular formula is C15H18NO3-. The molecule has 1 fully saturated rings. The highest BCUT2D eigenvalue weighted by molar-refractivity contribution is 6.04. The molecule has 0 unspecified atom stereocenters. The predicted molar refractivity (Wildman–Crippen MR) is 69.6 cm³/mol. The maximum Gasteiger partial charge on any atom is 0.254 e. The Morgan fingerprint density at radius 2 is 1.63 bits per heavy atom. The summed E-state index contributed by atoms with van der Waals surface area (Å²) < 4.78 is 0. The van der Waals surface area contributed by atoms with Crippen LogP contribution in [0.4, 0.5) is 0 Å². The van der Waals surface area contributed by atoms with E-state index >= 15 is 0 Å². The first-order chi connectivity index (χ1) is 8.99. The van der Waals surface area contributed by atoms with Gasteiger partial charge in [-0.15, -0.1) is 0 Å². The molecule has 0 aromatic heterocycles. The minimum Gasteiger partial charge on any atom is -0.545 e. The minimum absolute atomic E-state index is 0.0293. The van der Waals surface area contributed by atoms with Gasteiger partial charge in [0.25, 0.3) is 5.91 Å². The number of carboxylic acids is 1. The number of benzene rings is 1. The Hall–Kier alpha value is -1.84. The highest BCUT2D eigenvalue weighted by atomic mass is 16.4. The van der Waals surface area contributed by atoms with E-state index in [4.69, 9.17) is 0 Å². The van der Waals surface area contributed by atoms with Crippen LogP contribution in [0.2, 0.25) is 0 Å². The third kappa shape index (κ3) is 2.95. The first-order valence-electron chi connectivity index (χ1n) is 6.58. The summed E-state index contributed by atoms with van der Waals surface area (Å²) in [5.74, 6) is -0.620. The molecule has 2 rings (SSSR count). The third-order valence-corrected chi connectivity index (χ3v) is 3.53. The van der Waals surface area contributed by atoms with Crippen molar-refractivity contribution in [2.45, 2.75) is 20.3 Å². The average Bonchev–Trinajstić information content (AvgIpc) is 2.36. The number of hydrogen-bond acceptors (Lipinski definition) is 3. The molecule has 0 N–H and O–H groups in total. The van der Waals surface area contributed by atoms with Gasteiger partial charge in [0.15, 0.2) is 0 Å². The molecule has 1 heterocycles. The minimum atomic E-state index is -1.30. The molecule has 1 aromatic carbocycles. The summed E-state index contributed by atoms with van der Waals surface area (Å²) in [5.41, 5.74) is 0.196. The summed E-state index contributed by atoms with van der Waals surface area (Å²) in [4.78, 5) is 25.3. The fourth-order valence-corrected chi connectivity index (χ4v) is 2.85. The summed E-state index contributed by atoms with van der Waals surface area (Å²) in [6.07, 6.45) is 1.10. The van der Waals surface area contributed by atoms with E-state index in [0.29, 0.717) is 24.9 Å². The van der Waals surface area contributed by atoms with Gasteiger partial charge in [-0.05, 0) is 24.3 Å². The number of carbonyl (C=O) groups is 2. The second-order valence-corrected chi connectivity index (χ2v) is 5.49. The number of nitrogens with zero attached hydrogens (tertiary/aromatic N) is 1. The zero-order valence-corrected chi connectivity index (χ0v) is 11.3.